The Balaban J connectivity index is 1.98. The van der Waals surface area contributed by atoms with Crippen LogP contribution >= 0.6 is 22.6 Å². The van der Waals surface area contributed by atoms with Crippen LogP contribution in [0.3, 0.4) is 0 Å². The Morgan fingerprint density at radius 2 is 2.22 bits per heavy atom. The van der Waals surface area contributed by atoms with Gasteiger partial charge in [-0.05, 0) is 52.9 Å². The van der Waals surface area contributed by atoms with Crippen molar-refractivity contribution in [3.05, 3.63) is 51.5 Å². The van der Waals surface area contributed by atoms with Crippen LogP contribution in [0.15, 0.2) is 45.9 Å². The summed E-state index contributed by atoms with van der Waals surface area (Å²) in [5.74, 6) is 0.186. The van der Waals surface area contributed by atoms with E-state index in [9.17, 15) is 9.90 Å². The van der Waals surface area contributed by atoms with E-state index < -0.39 is 5.91 Å². The van der Waals surface area contributed by atoms with E-state index in [-0.39, 0.29) is 5.75 Å². The zero-order chi connectivity index (χ0) is 13.0. The number of benzene rings is 1. The molecule has 1 amide bonds. The van der Waals surface area contributed by atoms with Crippen molar-refractivity contribution in [1.29, 1.82) is 0 Å². The molecule has 0 atom stereocenters. The van der Waals surface area contributed by atoms with Crippen LogP contribution in [-0.2, 0) is 0 Å². The maximum Gasteiger partial charge on any atom is 0.271 e. The molecule has 2 rings (SSSR count). The molecular formula is C12H9IN2O3. The molecule has 5 nitrogen and oxygen atoms in total. The standard InChI is InChI=1S/C12H9IN2O3/c13-11-5-4-10(18-11)7-14-15-12(17)8-2-1-3-9(16)6-8/h1-7,16H,(H,15,17)/b14-7+. The summed E-state index contributed by atoms with van der Waals surface area (Å²) in [6.07, 6.45) is 1.41. The molecule has 0 spiro atoms. The van der Waals surface area contributed by atoms with Crippen LogP contribution in [-0.4, -0.2) is 17.2 Å². The Bertz CT molecular complexity index is 593. The van der Waals surface area contributed by atoms with E-state index in [2.05, 4.69) is 10.5 Å². The maximum absolute atomic E-state index is 11.6. The number of rotatable bonds is 3. The van der Waals surface area contributed by atoms with Crippen molar-refractivity contribution < 1.29 is 14.3 Å². The van der Waals surface area contributed by atoms with Gasteiger partial charge in [0, 0.05) is 5.56 Å². The molecule has 92 valence electrons. The monoisotopic (exact) mass is 356 g/mol. The van der Waals surface area contributed by atoms with E-state index in [1.807, 2.05) is 22.6 Å². The Labute approximate surface area is 117 Å². The smallest absolute Gasteiger partial charge is 0.271 e. The average Bonchev–Trinajstić information content (AvgIpc) is 2.75. The molecule has 2 aromatic rings. The average molecular weight is 356 g/mol. The van der Waals surface area contributed by atoms with Gasteiger partial charge >= 0.3 is 0 Å². The van der Waals surface area contributed by atoms with Gasteiger partial charge in [-0.3, -0.25) is 4.79 Å². The van der Waals surface area contributed by atoms with E-state index in [1.165, 1.54) is 18.3 Å². The first kappa shape index (κ1) is 12.6. The van der Waals surface area contributed by atoms with Crippen LogP contribution in [0.1, 0.15) is 16.1 Å². The number of halogens is 1. The molecule has 0 saturated carbocycles. The fraction of sp³-hybridized carbons (Fsp3) is 0. The van der Waals surface area contributed by atoms with Crippen molar-refractivity contribution in [2.45, 2.75) is 0 Å². The third-order valence-electron chi connectivity index (χ3n) is 2.06. The molecule has 2 N–H and O–H groups in total. The van der Waals surface area contributed by atoms with Gasteiger partial charge in [0.2, 0.25) is 0 Å². The van der Waals surface area contributed by atoms with Gasteiger partial charge in [-0.25, -0.2) is 5.43 Å². The molecule has 1 heterocycles. The van der Waals surface area contributed by atoms with Gasteiger partial charge < -0.3 is 9.52 Å². The first-order valence-corrected chi connectivity index (χ1v) is 6.11. The summed E-state index contributed by atoms with van der Waals surface area (Å²) in [6.45, 7) is 0. The number of hydrogen-bond donors (Lipinski definition) is 2. The van der Waals surface area contributed by atoms with Crippen molar-refractivity contribution in [2.75, 3.05) is 0 Å². The predicted octanol–water partition coefficient (Wildman–Crippen LogP) is 2.35. The van der Waals surface area contributed by atoms with Gasteiger partial charge in [0.25, 0.3) is 5.91 Å². The number of nitrogens with zero attached hydrogens (tertiary/aromatic N) is 1. The fourth-order valence-electron chi connectivity index (χ4n) is 1.26. The third-order valence-corrected chi connectivity index (χ3v) is 2.64. The normalized spacial score (nSPS) is 10.7. The lowest BCUT2D eigenvalue weighted by Gasteiger charge is -1.99. The molecule has 1 aromatic carbocycles. The highest BCUT2D eigenvalue weighted by Gasteiger charge is 2.04. The molecule has 1 aromatic heterocycles. The number of aromatic hydroxyl groups is 1. The zero-order valence-corrected chi connectivity index (χ0v) is 11.3. The van der Waals surface area contributed by atoms with Gasteiger partial charge in [0.1, 0.15) is 11.5 Å². The fourth-order valence-corrected chi connectivity index (χ4v) is 1.70. The van der Waals surface area contributed by atoms with Crippen LogP contribution in [0.4, 0.5) is 0 Å². The molecular weight excluding hydrogens is 347 g/mol. The van der Waals surface area contributed by atoms with Crippen LogP contribution in [0.2, 0.25) is 0 Å². The summed E-state index contributed by atoms with van der Waals surface area (Å²) in [6, 6.07) is 9.56. The molecule has 0 radical (unpaired) electrons. The van der Waals surface area contributed by atoms with Crippen molar-refractivity contribution >= 4 is 34.7 Å². The predicted molar refractivity (Wildman–Crippen MR) is 74.6 cm³/mol. The lowest BCUT2D eigenvalue weighted by Crippen LogP contribution is -2.17. The van der Waals surface area contributed by atoms with E-state index in [0.29, 0.717) is 11.3 Å². The van der Waals surface area contributed by atoms with Crippen molar-refractivity contribution in [3.63, 3.8) is 0 Å². The number of amides is 1. The minimum absolute atomic E-state index is 0.0345. The Morgan fingerprint density at radius 3 is 2.89 bits per heavy atom. The van der Waals surface area contributed by atoms with Crippen LogP contribution in [0.5, 0.6) is 5.75 Å². The quantitative estimate of drug-likeness (QED) is 0.504. The maximum atomic E-state index is 11.6. The molecule has 0 aliphatic rings. The van der Waals surface area contributed by atoms with Gasteiger partial charge in [-0.1, -0.05) is 6.07 Å². The second-order valence-electron chi connectivity index (χ2n) is 3.39. The number of carbonyl (C=O) groups excluding carboxylic acids is 1. The van der Waals surface area contributed by atoms with Gasteiger partial charge in [0.15, 0.2) is 3.77 Å². The number of hydrogen-bond acceptors (Lipinski definition) is 4. The SMILES string of the molecule is O=C(N/N=C/c1ccc(I)o1)c1cccc(O)c1. The topological polar surface area (TPSA) is 74.8 Å². The highest BCUT2D eigenvalue weighted by atomic mass is 127. The van der Waals surface area contributed by atoms with E-state index in [4.69, 9.17) is 4.42 Å². The number of nitrogens with one attached hydrogen (secondary N) is 1. The van der Waals surface area contributed by atoms with Gasteiger partial charge in [0.05, 0.1) is 6.21 Å². The summed E-state index contributed by atoms with van der Waals surface area (Å²) in [4.78, 5) is 11.6. The Kier molecular flexibility index (Phi) is 3.98. The highest BCUT2D eigenvalue weighted by Crippen LogP contribution is 2.10. The van der Waals surface area contributed by atoms with E-state index in [0.717, 1.165) is 3.77 Å². The number of phenolic OH excluding ortho intramolecular Hbond substituents is 1. The lowest BCUT2D eigenvalue weighted by molar-refractivity contribution is 0.0954. The number of phenols is 1. The van der Waals surface area contributed by atoms with Crippen molar-refractivity contribution in [2.24, 2.45) is 5.10 Å². The first-order valence-electron chi connectivity index (χ1n) is 5.03. The van der Waals surface area contributed by atoms with Gasteiger partial charge in [-0.2, -0.15) is 5.10 Å². The number of hydrazone groups is 1. The van der Waals surface area contributed by atoms with Crippen molar-refractivity contribution in [3.8, 4) is 5.75 Å². The summed E-state index contributed by atoms with van der Waals surface area (Å²) in [5.41, 5.74) is 2.68. The highest BCUT2D eigenvalue weighted by molar-refractivity contribution is 14.1. The molecule has 0 fully saturated rings. The zero-order valence-electron chi connectivity index (χ0n) is 9.13. The molecule has 0 unspecified atom stereocenters. The summed E-state index contributed by atoms with van der Waals surface area (Å²) in [5, 5.41) is 13.0. The molecule has 0 bridgehead atoms. The molecule has 18 heavy (non-hydrogen) atoms. The molecule has 6 heteroatoms. The summed E-state index contributed by atoms with van der Waals surface area (Å²) in [7, 11) is 0. The minimum Gasteiger partial charge on any atom is -0.508 e. The third kappa shape index (κ3) is 3.33. The summed E-state index contributed by atoms with van der Waals surface area (Å²) >= 11 is 2.04. The second-order valence-corrected chi connectivity index (χ2v) is 4.45. The van der Waals surface area contributed by atoms with Crippen LogP contribution in [0, 0.1) is 3.77 Å². The van der Waals surface area contributed by atoms with Gasteiger partial charge in [-0.15, -0.1) is 0 Å². The largest absolute Gasteiger partial charge is 0.508 e. The number of furan rings is 1. The Hall–Kier alpha value is -1.83. The van der Waals surface area contributed by atoms with E-state index >= 15 is 0 Å². The number of carbonyl (C=O) groups is 1. The minimum atomic E-state index is -0.400. The molecule has 0 saturated heterocycles. The van der Waals surface area contributed by atoms with Crippen molar-refractivity contribution in [1.82, 2.24) is 5.43 Å². The first-order chi connectivity index (χ1) is 8.65. The van der Waals surface area contributed by atoms with E-state index in [1.54, 1.807) is 24.3 Å². The Morgan fingerprint density at radius 1 is 1.39 bits per heavy atom. The second kappa shape index (κ2) is 5.67. The lowest BCUT2D eigenvalue weighted by atomic mass is 10.2. The molecule has 0 aliphatic carbocycles. The summed E-state index contributed by atoms with van der Waals surface area (Å²) < 4.78 is 5.98. The van der Waals surface area contributed by atoms with Crippen LogP contribution < -0.4 is 5.43 Å². The van der Waals surface area contributed by atoms with Crippen LogP contribution in [0.25, 0.3) is 0 Å². The molecule has 0 aliphatic heterocycles.